The van der Waals surface area contributed by atoms with E-state index in [2.05, 4.69) is 21.0 Å². The second kappa shape index (κ2) is 26.8. The minimum atomic E-state index is -1.87. The fourth-order valence-corrected chi connectivity index (χ4v) is 9.83. The Kier molecular flexibility index (Phi) is 21.0. The van der Waals surface area contributed by atoms with Crippen molar-refractivity contribution in [1.29, 1.82) is 10.5 Å². The molecule has 0 radical (unpaired) electrons. The summed E-state index contributed by atoms with van der Waals surface area (Å²) in [4.78, 5) is 40.8. The molecule has 17 nitrogen and oxygen atoms in total. The standard InChI is InChI=1S/C50H65N6O11P/c1-35(2)56(36(3)4)68(65-32-16-28-52)67-44-43(34-64-50(38-17-11-10-12-18-38,39-19-23-41(60-6)24-20-39)40-21-25-42(61-7)26-22-40)66-47(55-33-37(5)46(57)54-48(55)58)45(44)62-30-14-9-8-13-29-53-49(59)63-31-15-27-51/h10-12,17-26,33,35-36,43-45,47H,8-9,13-16,29-32,34H2,1-7H3,(H,53,59)(H,54,57,58)/t43-,44-,45-,47-,68?/m1/s1. The Morgan fingerprint density at radius 2 is 1.41 bits per heavy atom. The molecule has 1 fully saturated rings. The molecule has 0 spiro atoms. The first kappa shape index (κ1) is 53.3. The second-order valence-corrected chi connectivity index (χ2v) is 18.1. The highest BCUT2D eigenvalue weighted by molar-refractivity contribution is 7.44. The minimum absolute atomic E-state index is 0.0358. The minimum Gasteiger partial charge on any atom is -0.497 e. The van der Waals surface area contributed by atoms with Crippen LogP contribution in [0.25, 0.3) is 0 Å². The van der Waals surface area contributed by atoms with Crippen molar-refractivity contribution >= 4 is 14.6 Å². The SMILES string of the molecule is COc1ccc(C(OC[C@H]2O[C@@H](n3cc(C)c(=O)[nH]c3=O)[C@H](OCCCCCCNC(=O)OCCC#N)[C@@H]2OP(OCCC#N)N(C(C)C)C(C)C)(c2ccccc2)c2ccc(OC)cc2)cc1. The van der Waals surface area contributed by atoms with Gasteiger partial charge in [0, 0.05) is 37.0 Å². The Balaban J connectivity index is 1.57. The maximum atomic E-state index is 13.8. The van der Waals surface area contributed by atoms with Gasteiger partial charge in [-0.05, 0) is 88.4 Å². The molecular weight excluding hydrogens is 892 g/mol. The Labute approximate surface area is 400 Å². The molecule has 1 amide bonds. The predicted octanol–water partition coefficient (Wildman–Crippen LogP) is 8.01. The molecule has 68 heavy (non-hydrogen) atoms. The molecule has 5 atom stereocenters. The molecule has 0 saturated carbocycles. The summed E-state index contributed by atoms with van der Waals surface area (Å²) in [5.41, 5.74) is 0.243. The van der Waals surface area contributed by atoms with E-state index < -0.39 is 56.0 Å². The van der Waals surface area contributed by atoms with E-state index in [0.29, 0.717) is 36.4 Å². The van der Waals surface area contributed by atoms with Crippen LogP contribution in [0, 0.1) is 29.6 Å². The first-order valence-corrected chi connectivity index (χ1v) is 24.1. The van der Waals surface area contributed by atoms with Gasteiger partial charge in [-0.15, -0.1) is 0 Å². The van der Waals surface area contributed by atoms with Gasteiger partial charge in [-0.3, -0.25) is 14.3 Å². The van der Waals surface area contributed by atoms with Crippen LogP contribution < -0.4 is 26.0 Å². The van der Waals surface area contributed by atoms with Gasteiger partial charge in [0.05, 0.1) is 52.4 Å². The third-order valence-corrected chi connectivity index (χ3v) is 13.4. The van der Waals surface area contributed by atoms with Crippen molar-refractivity contribution in [2.45, 2.75) is 115 Å². The van der Waals surface area contributed by atoms with Crippen molar-refractivity contribution < 1.29 is 42.3 Å². The number of hydrogen-bond acceptors (Lipinski definition) is 14. The van der Waals surface area contributed by atoms with E-state index in [9.17, 15) is 19.6 Å². The van der Waals surface area contributed by atoms with Gasteiger partial charge >= 0.3 is 11.8 Å². The molecule has 2 N–H and O–H groups in total. The number of alkyl carbamates (subject to hydrolysis) is 1. The van der Waals surface area contributed by atoms with Crippen molar-refractivity contribution in [3.8, 4) is 23.6 Å². The number of amides is 1. The van der Waals surface area contributed by atoms with E-state index in [0.717, 1.165) is 29.5 Å². The monoisotopic (exact) mass is 956 g/mol. The highest BCUT2D eigenvalue weighted by Gasteiger charge is 2.51. The number of nitriles is 2. The Hall–Kier alpha value is -5.62. The number of carbonyl (C=O) groups excluding carboxylic acids is 1. The van der Waals surface area contributed by atoms with Crippen LogP contribution in [0.2, 0.25) is 0 Å². The van der Waals surface area contributed by atoms with Gasteiger partial charge in [-0.2, -0.15) is 10.5 Å². The van der Waals surface area contributed by atoms with Crippen LogP contribution in [0.15, 0.2) is 94.6 Å². The molecule has 3 aromatic carbocycles. The Morgan fingerprint density at radius 1 is 0.824 bits per heavy atom. The highest BCUT2D eigenvalue weighted by atomic mass is 31.2. The fourth-order valence-electron chi connectivity index (χ4n) is 8.06. The average Bonchev–Trinajstić information content (AvgIpc) is 3.67. The highest BCUT2D eigenvalue weighted by Crippen LogP contribution is 2.51. The van der Waals surface area contributed by atoms with Gasteiger partial charge < -0.3 is 42.8 Å². The molecule has 18 heteroatoms. The summed E-state index contributed by atoms with van der Waals surface area (Å²) < 4.78 is 54.3. The summed E-state index contributed by atoms with van der Waals surface area (Å²) >= 11 is 0. The van der Waals surface area contributed by atoms with E-state index in [1.165, 1.54) is 10.8 Å². The summed E-state index contributed by atoms with van der Waals surface area (Å²) in [6, 6.07) is 29.2. The van der Waals surface area contributed by atoms with Crippen LogP contribution in [0.1, 0.15) is 94.7 Å². The number of carbonyl (C=O) groups is 1. The van der Waals surface area contributed by atoms with E-state index in [1.54, 1.807) is 21.1 Å². The van der Waals surface area contributed by atoms with Gasteiger partial charge in [-0.25, -0.2) is 14.3 Å². The summed E-state index contributed by atoms with van der Waals surface area (Å²) in [6.07, 6.45) is 0.129. The number of unbranched alkanes of at least 4 members (excludes halogenated alkanes) is 3. The molecule has 366 valence electrons. The molecule has 0 aliphatic carbocycles. The van der Waals surface area contributed by atoms with Crippen molar-refractivity contribution in [3.05, 3.63) is 128 Å². The van der Waals surface area contributed by atoms with Gasteiger partial charge in [0.25, 0.3) is 14.1 Å². The Bertz CT molecular complexity index is 2310. The zero-order valence-corrected chi connectivity index (χ0v) is 40.9. The van der Waals surface area contributed by atoms with Crippen molar-refractivity contribution in [2.24, 2.45) is 0 Å². The fraction of sp³-hybridized carbons (Fsp3) is 0.500. The quantitative estimate of drug-likeness (QED) is 0.0330. The summed E-state index contributed by atoms with van der Waals surface area (Å²) in [5.74, 6) is 1.33. The summed E-state index contributed by atoms with van der Waals surface area (Å²) in [5, 5.41) is 20.9. The summed E-state index contributed by atoms with van der Waals surface area (Å²) in [7, 11) is 1.35. The van der Waals surface area contributed by atoms with Gasteiger partial charge in [0.1, 0.15) is 42.0 Å². The van der Waals surface area contributed by atoms with Crippen molar-refractivity contribution in [1.82, 2.24) is 19.5 Å². The maximum absolute atomic E-state index is 13.8. The molecule has 1 saturated heterocycles. The second-order valence-electron chi connectivity index (χ2n) is 16.7. The first-order valence-electron chi connectivity index (χ1n) is 23.0. The number of hydrogen-bond donors (Lipinski definition) is 2. The number of aryl methyl sites for hydroxylation is 1. The van der Waals surface area contributed by atoms with Crippen LogP contribution in [0.5, 0.6) is 11.5 Å². The van der Waals surface area contributed by atoms with Crippen LogP contribution >= 0.6 is 8.53 Å². The van der Waals surface area contributed by atoms with Crippen molar-refractivity contribution in [2.75, 3.05) is 47.2 Å². The van der Waals surface area contributed by atoms with Crippen molar-refractivity contribution in [3.63, 3.8) is 0 Å². The lowest BCUT2D eigenvalue weighted by Crippen LogP contribution is -2.43. The van der Waals surface area contributed by atoms with Gasteiger partial charge in [0.15, 0.2) is 6.23 Å². The number of methoxy groups -OCH3 is 2. The molecule has 4 aromatic rings. The lowest BCUT2D eigenvalue weighted by atomic mass is 9.80. The molecule has 0 bridgehead atoms. The topological polar surface area (TPSA) is 209 Å². The zero-order chi connectivity index (χ0) is 49.1. The molecule has 1 aliphatic rings. The molecule has 1 aromatic heterocycles. The van der Waals surface area contributed by atoms with Crippen LogP contribution in [-0.4, -0.2) is 97.9 Å². The number of aromatic amines is 1. The van der Waals surface area contributed by atoms with Gasteiger partial charge in [0.2, 0.25) is 0 Å². The lowest BCUT2D eigenvalue weighted by molar-refractivity contribution is -0.0978. The normalized spacial score (nSPS) is 17.5. The predicted molar refractivity (Wildman–Crippen MR) is 256 cm³/mol. The number of aromatic nitrogens is 2. The number of H-pyrrole nitrogens is 1. The molecular formula is C50H65N6O11P. The number of nitrogens with zero attached hydrogens (tertiary/aromatic N) is 4. The third kappa shape index (κ3) is 14.0. The summed E-state index contributed by atoms with van der Waals surface area (Å²) in [6.45, 7) is 10.5. The molecule has 1 aliphatic heterocycles. The van der Waals surface area contributed by atoms with E-state index in [4.69, 9.17) is 42.7 Å². The smallest absolute Gasteiger partial charge is 0.407 e. The number of benzene rings is 3. The number of ether oxygens (including phenoxy) is 6. The molecule has 2 heterocycles. The van der Waals surface area contributed by atoms with Gasteiger partial charge in [-0.1, -0.05) is 67.4 Å². The van der Waals surface area contributed by atoms with E-state index in [-0.39, 0.29) is 51.4 Å². The average molecular weight is 957 g/mol. The van der Waals surface area contributed by atoms with E-state index in [1.807, 2.05) is 113 Å². The van der Waals surface area contributed by atoms with Crippen LogP contribution in [0.3, 0.4) is 0 Å². The number of nitrogens with one attached hydrogen (secondary N) is 2. The van der Waals surface area contributed by atoms with Crippen LogP contribution in [0.4, 0.5) is 4.79 Å². The third-order valence-electron chi connectivity index (χ3n) is 11.3. The Morgan fingerprint density at radius 3 is 2.00 bits per heavy atom. The number of rotatable bonds is 27. The molecule has 5 rings (SSSR count). The maximum Gasteiger partial charge on any atom is 0.407 e. The lowest BCUT2D eigenvalue weighted by Gasteiger charge is -2.39. The first-order chi connectivity index (χ1) is 32.9. The zero-order valence-electron chi connectivity index (χ0n) is 40.1. The van der Waals surface area contributed by atoms with Crippen LogP contribution in [-0.2, 0) is 33.6 Å². The van der Waals surface area contributed by atoms with E-state index >= 15 is 0 Å². The largest absolute Gasteiger partial charge is 0.497 e. The molecule has 1 unspecified atom stereocenters.